The maximum Gasteiger partial charge on any atom is 0.263 e. The zero-order valence-corrected chi connectivity index (χ0v) is 9.22. The maximum atomic E-state index is 11.9. The summed E-state index contributed by atoms with van der Waals surface area (Å²) in [6.07, 6.45) is 2.36. The van der Waals surface area contributed by atoms with Crippen LogP contribution in [0, 0.1) is 5.92 Å². The first kappa shape index (κ1) is 9.71. The molecule has 1 aliphatic rings. The Hall–Kier alpha value is -0.830. The molecule has 1 fully saturated rings. The fraction of sp³-hybridized carbons (Fsp3) is 0.545. The second kappa shape index (κ2) is 4.13. The van der Waals surface area contributed by atoms with Crippen LogP contribution in [0.15, 0.2) is 17.5 Å². The van der Waals surface area contributed by atoms with Crippen molar-refractivity contribution in [1.29, 1.82) is 0 Å². The molecule has 0 saturated carbocycles. The molecule has 1 unspecified atom stereocenters. The summed E-state index contributed by atoms with van der Waals surface area (Å²) in [7, 11) is 0. The van der Waals surface area contributed by atoms with Crippen molar-refractivity contribution in [3.05, 3.63) is 22.4 Å². The average Bonchev–Trinajstić information content (AvgIpc) is 2.88. The third-order valence-electron chi connectivity index (χ3n) is 2.88. The quantitative estimate of drug-likeness (QED) is 0.733. The summed E-state index contributed by atoms with van der Waals surface area (Å²) < 4.78 is 0. The normalized spacial score (nSPS) is 21.5. The number of carbonyl (C=O) groups is 1. The molecule has 1 atom stereocenters. The second-order valence-corrected chi connectivity index (χ2v) is 4.74. The van der Waals surface area contributed by atoms with Crippen molar-refractivity contribution in [2.45, 2.75) is 19.8 Å². The van der Waals surface area contributed by atoms with Crippen LogP contribution in [0.4, 0.5) is 0 Å². The summed E-state index contributed by atoms with van der Waals surface area (Å²) >= 11 is 1.54. The van der Waals surface area contributed by atoms with Crippen molar-refractivity contribution in [1.82, 2.24) is 4.90 Å². The van der Waals surface area contributed by atoms with Gasteiger partial charge < -0.3 is 4.90 Å². The molecular formula is C11H15NOS. The molecule has 1 aromatic heterocycles. The van der Waals surface area contributed by atoms with E-state index in [1.165, 1.54) is 24.2 Å². The minimum atomic E-state index is 0.218. The van der Waals surface area contributed by atoms with Gasteiger partial charge in [0.25, 0.3) is 5.91 Å². The molecule has 0 radical (unpaired) electrons. The van der Waals surface area contributed by atoms with Crippen LogP contribution in [0.25, 0.3) is 0 Å². The van der Waals surface area contributed by atoms with Crippen molar-refractivity contribution >= 4 is 17.2 Å². The van der Waals surface area contributed by atoms with Gasteiger partial charge in [0.2, 0.25) is 0 Å². The average molecular weight is 209 g/mol. The van der Waals surface area contributed by atoms with Gasteiger partial charge in [-0.15, -0.1) is 11.3 Å². The number of rotatable bonds is 2. The fourth-order valence-electron chi connectivity index (χ4n) is 1.91. The van der Waals surface area contributed by atoms with Gasteiger partial charge >= 0.3 is 0 Å². The molecule has 1 aromatic rings. The lowest BCUT2D eigenvalue weighted by atomic mass is 10.1. The third kappa shape index (κ3) is 1.82. The lowest BCUT2D eigenvalue weighted by Crippen LogP contribution is -2.27. The predicted molar refractivity (Wildman–Crippen MR) is 58.6 cm³/mol. The number of carbonyl (C=O) groups excluding carboxylic acids is 1. The molecule has 0 spiro atoms. The van der Waals surface area contributed by atoms with E-state index in [0.29, 0.717) is 0 Å². The van der Waals surface area contributed by atoms with Crippen molar-refractivity contribution in [3.8, 4) is 0 Å². The molecule has 1 amide bonds. The van der Waals surface area contributed by atoms with Gasteiger partial charge in [-0.1, -0.05) is 19.4 Å². The minimum Gasteiger partial charge on any atom is -0.338 e. The summed E-state index contributed by atoms with van der Waals surface area (Å²) in [4.78, 5) is 14.8. The summed E-state index contributed by atoms with van der Waals surface area (Å²) in [5, 5.41) is 1.96. The largest absolute Gasteiger partial charge is 0.338 e. The van der Waals surface area contributed by atoms with Gasteiger partial charge in [0.1, 0.15) is 0 Å². The highest BCUT2D eigenvalue weighted by atomic mass is 32.1. The molecular weight excluding hydrogens is 194 g/mol. The Bertz CT molecular complexity index is 307. The van der Waals surface area contributed by atoms with Crippen LogP contribution >= 0.6 is 11.3 Å². The Morgan fingerprint density at radius 3 is 3.14 bits per heavy atom. The van der Waals surface area contributed by atoms with Gasteiger partial charge in [0, 0.05) is 13.1 Å². The summed E-state index contributed by atoms with van der Waals surface area (Å²) in [5.74, 6) is 0.940. The Balaban J connectivity index is 2.00. The highest BCUT2D eigenvalue weighted by molar-refractivity contribution is 7.12. The van der Waals surface area contributed by atoms with E-state index in [1.807, 2.05) is 22.4 Å². The standard InChI is InChI=1S/C11H15NOS/c1-2-9-5-6-12(8-9)11(13)10-4-3-7-14-10/h3-4,7,9H,2,5-6,8H2,1H3. The number of amides is 1. The topological polar surface area (TPSA) is 20.3 Å². The third-order valence-corrected chi connectivity index (χ3v) is 3.74. The molecule has 1 aliphatic heterocycles. The van der Waals surface area contributed by atoms with E-state index in [1.54, 1.807) is 0 Å². The lowest BCUT2D eigenvalue weighted by molar-refractivity contribution is 0.0791. The molecule has 1 saturated heterocycles. The highest BCUT2D eigenvalue weighted by Gasteiger charge is 2.25. The molecule has 2 nitrogen and oxygen atoms in total. The van der Waals surface area contributed by atoms with E-state index in [9.17, 15) is 4.79 Å². The summed E-state index contributed by atoms with van der Waals surface area (Å²) in [6, 6.07) is 3.84. The van der Waals surface area contributed by atoms with Crippen LogP contribution in [0.2, 0.25) is 0 Å². The van der Waals surface area contributed by atoms with Crippen LogP contribution in [0.1, 0.15) is 29.4 Å². The molecule has 14 heavy (non-hydrogen) atoms. The monoisotopic (exact) mass is 209 g/mol. The van der Waals surface area contributed by atoms with Crippen LogP contribution in [-0.4, -0.2) is 23.9 Å². The minimum absolute atomic E-state index is 0.218. The Morgan fingerprint density at radius 1 is 1.71 bits per heavy atom. The predicted octanol–water partition coefficient (Wildman–Crippen LogP) is 2.62. The van der Waals surface area contributed by atoms with Gasteiger partial charge in [-0.05, 0) is 23.8 Å². The van der Waals surface area contributed by atoms with E-state index in [0.717, 1.165) is 23.9 Å². The van der Waals surface area contributed by atoms with Gasteiger partial charge in [-0.2, -0.15) is 0 Å². The second-order valence-electron chi connectivity index (χ2n) is 3.79. The van der Waals surface area contributed by atoms with Crippen molar-refractivity contribution in [3.63, 3.8) is 0 Å². The SMILES string of the molecule is CCC1CCN(C(=O)c2cccs2)C1. The van der Waals surface area contributed by atoms with Crippen LogP contribution < -0.4 is 0 Å². The van der Waals surface area contributed by atoms with Crippen molar-refractivity contribution < 1.29 is 4.79 Å². The first-order valence-electron chi connectivity index (χ1n) is 5.14. The molecule has 0 N–H and O–H groups in total. The molecule has 2 heterocycles. The maximum absolute atomic E-state index is 11.9. The first-order chi connectivity index (χ1) is 6.81. The molecule has 76 valence electrons. The molecule has 0 aromatic carbocycles. The number of hydrogen-bond donors (Lipinski definition) is 0. The van der Waals surface area contributed by atoms with Gasteiger partial charge in [-0.3, -0.25) is 4.79 Å². The Labute approximate surface area is 88.5 Å². The zero-order chi connectivity index (χ0) is 9.97. The van der Waals surface area contributed by atoms with Gasteiger partial charge in [0.05, 0.1) is 4.88 Å². The fourth-order valence-corrected chi connectivity index (χ4v) is 2.60. The van der Waals surface area contributed by atoms with Gasteiger partial charge in [-0.25, -0.2) is 0 Å². The highest BCUT2D eigenvalue weighted by Crippen LogP contribution is 2.22. The van der Waals surface area contributed by atoms with Crippen molar-refractivity contribution in [2.24, 2.45) is 5.92 Å². The number of likely N-dealkylation sites (tertiary alicyclic amines) is 1. The Morgan fingerprint density at radius 2 is 2.57 bits per heavy atom. The Kier molecular flexibility index (Phi) is 2.87. The van der Waals surface area contributed by atoms with Crippen LogP contribution in [0.5, 0.6) is 0 Å². The van der Waals surface area contributed by atoms with E-state index in [-0.39, 0.29) is 5.91 Å². The van der Waals surface area contributed by atoms with Crippen LogP contribution in [0.3, 0.4) is 0 Å². The lowest BCUT2D eigenvalue weighted by Gasteiger charge is -2.14. The van der Waals surface area contributed by atoms with E-state index in [2.05, 4.69) is 6.92 Å². The number of nitrogens with zero attached hydrogens (tertiary/aromatic N) is 1. The molecule has 0 aliphatic carbocycles. The molecule has 0 bridgehead atoms. The summed E-state index contributed by atoms with van der Waals surface area (Å²) in [6.45, 7) is 4.09. The zero-order valence-electron chi connectivity index (χ0n) is 8.40. The number of hydrogen-bond acceptors (Lipinski definition) is 2. The van der Waals surface area contributed by atoms with Crippen molar-refractivity contribution in [2.75, 3.05) is 13.1 Å². The van der Waals surface area contributed by atoms with E-state index >= 15 is 0 Å². The molecule has 2 rings (SSSR count). The van der Waals surface area contributed by atoms with Crippen LogP contribution in [-0.2, 0) is 0 Å². The van der Waals surface area contributed by atoms with Gasteiger partial charge in [0.15, 0.2) is 0 Å². The molecule has 3 heteroatoms. The summed E-state index contributed by atoms with van der Waals surface area (Å²) in [5.41, 5.74) is 0. The van der Waals surface area contributed by atoms with E-state index < -0.39 is 0 Å². The number of thiophene rings is 1. The smallest absolute Gasteiger partial charge is 0.263 e. The van der Waals surface area contributed by atoms with E-state index in [4.69, 9.17) is 0 Å². The first-order valence-corrected chi connectivity index (χ1v) is 6.02.